The molecule has 72 valence electrons. The lowest BCUT2D eigenvalue weighted by molar-refractivity contribution is 1.25. The minimum Gasteiger partial charge on any atom is -0.327 e. The summed E-state index contributed by atoms with van der Waals surface area (Å²) in [5.74, 6) is 0. The predicted octanol–water partition coefficient (Wildman–Crippen LogP) is 3.20. The highest BCUT2D eigenvalue weighted by Gasteiger charge is 2.04. The van der Waals surface area contributed by atoms with E-state index in [0.717, 1.165) is 0 Å². The molecule has 14 heavy (non-hydrogen) atoms. The lowest BCUT2D eigenvalue weighted by Crippen LogP contribution is -1.95. The van der Waals surface area contributed by atoms with Gasteiger partial charge in [-0.2, -0.15) is 22.7 Å². The predicted molar refractivity (Wildman–Crippen MR) is 64.8 cm³/mol. The zero-order valence-corrected chi connectivity index (χ0v) is 9.28. The molecule has 2 heterocycles. The van der Waals surface area contributed by atoms with Gasteiger partial charge in [0.2, 0.25) is 0 Å². The van der Waals surface area contributed by atoms with Crippen LogP contribution in [0, 0.1) is 0 Å². The van der Waals surface area contributed by atoms with Crippen molar-refractivity contribution >= 4 is 28.2 Å². The molecule has 0 fully saturated rings. The van der Waals surface area contributed by atoms with Crippen molar-refractivity contribution in [2.45, 2.75) is 0 Å². The molecule has 0 aliphatic carbocycles. The largest absolute Gasteiger partial charge is 0.327 e. The van der Waals surface area contributed by atoms with Gasteiger partial charge in [0, 0.05) is 6.54 Å². The zero-order chi connectivity index (χ0) is 9.80. The fourth-order valence-electron chi connectivity index (χ4n) is 1.36. The second kappa shape index (κ2) is 4.55. The molecular weight excluding hydrogens is 210 g/mol. The van der Waals surface area contributed by atoms with Crippen LogP contribution in [0.25, 0.3) is 5.57 Å². The van der Waals surface area contributed by atoms with Crippen molar-refractivity contribution < 1.29 is 0 Å². The van der Waals surface area contributed by atoms with E-state index in [-0.39, 0.29) is 0 Å². The Bertz CT molecular complexity index is 362. The van der Waals surface area contributed by atoms with E-state index in [1.165, 1.54) is 16.7 Å². The fourth-order valence-corrected chi connectivity index (χ4v) is 2.67. The minimum absolute atomic E-state index is 0.584. The summed E-state index contributed by atoms with van der Waals surface area (Å²) in [4.78, 5) is 0. The quantitative estimate of drug-likeness (QED) is 0.846. The summed E-state index contributed by atoms with van der Waals surface area (Å²) < 4.78 is 0. The standard InChI is InChI=1S/C11H11NS2/c12-4-1-11(9-2-5-13-7-9)10-3-6-14-8-10/h1-3,5-8H,4,12H2. The smallest absolute Gasteiger partial charge is 0.0116 e. The zero-order valence-electron chi connectivity index (χ0n) is 7.64. The maximum atomic E-state index is 5.57. The van der Waals surface area contributed by atoms with Gasteiger partial charge < -0.3 is 5.73 Å². The summed E-state index contributed by atoms with van der Waals surface area (Å²) >= 11 is 3.43. The molecule has 2 aromatic rings. The van der Waals surface area contributed by atoms with Gasteiger partial charge in [0.05, 0.1) is 0 Å². The highest BCUT2D eigenvalue weighted by molar-refractivity contribution is 7.08. The number of thiophene rings is 2. The van der Waals surface area contributed by atoms with E-state index in [1.807, 2.05) is 0 Å². The van der Waals surface area contributed by atoms with Gasteiger partial charge in [-0.1, -0.05) is 6.08 Å². The van der Waals surface area contributed by atoms with Crippen LogP contribution >= 0.6 is 22.7 Å². The van der Waals surface area contributed by atoms with E-state index in [4.69, 9.17) is 5.73 Å². The monoisotopic (exact) mass is 221 g/mol. The molecule has 2 rings (SSSR count). The first kappa shape index (κ1) is 9.65. The van der Waals surface area contributed by atoms with Gasteiger partial charge in [0.25, 0.3) is 0 Å². The molecule has 3 heteroatoms. The summed E-state index contributed by atoms with van der Waals surface area (Å²) in [7, 11) is 0. The van der Waals surface area contributed by atoms with Gasteiger partial charge in [-0.3, -0.25) is 0 Å². The molecule has 2 N–H and O–H groups in total. The van der Waals surface area contributed by atoms with Gasteiger partial charge in [-0.25, -0.2) is 0 Å². The molecule has 0 spiro atoms. The highest BCUT2D eigenvalue weighted by Crippen LogP contribution is 2.26. The normalized spacial score (nSPS) is 10.1. The van der Waals surface area contributed by atoms with Crippen molar-refractivity contribution in [3.63, 3.8) is 0 Å². The molecular formula is C11H11NS2. The Kier molecular flexibility index (Phi) is 3.14. The second-order valence-electron chi connectivity index (χ2n) is 2.88. The van der Waals surface area contributed by atoms with E-state index in [0.29, 0.717) is 6.54 Å². The van der Waals surface area contributed by atoms with Gasteiger partial charge in [-0.15, -0.1) is 0 Å². The SMILES string of the molecule is NCC=C(c1ccsc1)c1ccsc1. The maximum Gasteiger partial charge on any atom is 0.0116 e. The van der Waals surface area contributed by atoms with E-state index < -0.39 is 0 Å². The third kappa shape index (κ3) is 1.95. The first-order valence-electron chi connectivity index (χ1n) is 4.37. The average Bonchev–Trinajstić information content (AvgIpc) is 2.87. The van der Waals surface area contributed by atoms with Gasteiger partial charge in [0.1, 0.15) is 0 Å². The summed E-state index contributed by atoms with van der Waals surface area (Å²) in [6.45, 7) is 0.584. The highest BCUT2D eigenvalue weighted by atomic mass is 32.1. The van der Waals surface area contributed by atoms with Crippen LogP contribution in [0.1, 0.15) is 11.1 Å². The van der Waals surface area contributed by atoms with Crippen molar-refractivity contribution in [3.05, 3.63) is 50.9 Å². The third-order valence-corrected chi connectivity index (χ3v) is 3.35. The number of nitrogens with two attached hydrogens (primary N) is 1. The number of hydrogen-bond donors (Lipinski definition) is 1. The van der Waals surface area contributed by atoms with Gasteiger partial charge in [-0.05, 0) is 50.4 Å². The van der Waals surface area contributed by atoms with Crippen LogP contribution in [-0.2, 0) is 0 Å². The fraction of sp³-hybridized carbons (Fsp3) is 0.0909. The Morgan fingerprint density at radius 2 is 1.71 bits per heavy atom. The number of rotatable bonds is 3. The molecule has 2 aromatic heterocycles. The molecule has 0 radical (unpaired) electrons. The topological polar surface area (TPSA) is 26.0 Å². The van der Waals surface area contributed by atoms with Crippen molar-refractivity contribution in [2.24, 2.45) is 5.73 Å². The van der Waals surface area contributed by atoms with Crippen LogP contribution in [-0.4, -0.2) is 6.54 Å². The van der Waals surface area contributed by atoms with E-state index >= 15 is 0 Å². The van der Waals surface area contributed by atoms with Crippen LogP contribution in [0.3, 0.4) is 0 Å². The molecule has 0 amide bonds. The Morgan fingerprint density at radius 3 is 2.07 bits per heavy atom. The van der Waals surface area contributed by atoms with Crippen molar-refractivity contribution in [1.82, 2.24) is 0 Å². The summed E-state index contributed by atoms with van der Waals surface area (Å²) in [6, 6.07) is 4.26. The second-order valence-corrected chi connectivity index (χ2v) is 4.44. The van der Waals surface area contributed by atoms with E-state index in [1.54, 1.807) is 22.7 Å². The molecule has 0 aliphatic heterocycles. The van der Waals surface area contributed by atoms with Crippen LogP contribution in [0.2, 0.25) is 0 Å². The molecule has 0 aliphatic rings. The van der Waals surface area contributed by atoms with Crippen LogP contribution in [0.15, 0.2) is 39.7 Å². The Balaban J connectivity index is 2.40. The Labute approximate surface area is 91.5 Å². The Hall–Kier alpha value is -0.900. The van der Waals surface area contributed by atoms with Crippen molar-refractivity contribution in [2.75, 3.05) is 6.54 Å². The Morgan fingerprint density at radius 1 is 1.14 bits per heavy atom. The molecule has 1 nitrogen and oxygen atoms in total. The van der Waals surface area contributed by atoms with Crippen LogP contribution < -0.4 is 5.73 Å². The molecule has 0 atom stereocenters. The maximum absolute atomic E-state index is 5.57. The first-order chi connectivity index (χ1) is 6.92. The third-order valence-electron chi connectivity index (χ3n) is 1.99. The minimum atomic E-state index is 0.584. The molecule has 0 saturated heterocycles. The van der Waals surface area contributed by atoms with E-state index in [9.17, 15) is 0 Å². The van der Waals surface area contributed by atoms with Crippen molar-refractivity contribution in [3.8, 4) is 0 Å². The summed E-state index contributed by atoms with van der Waals surface area (Å²) in [6.07, 6.45) is 2.07. The van der Waals surface area contributed by atoms with Crippen molar-refractivity contribution in [1.29, 1.82) is 0 Å². The summed E-state index contributed by atoms with van der Waals surface area (Å²) in [5, 5.41) is 8.48. The van der Waals surface area contributed by atoms with Gasteiger partial charge >= 0.3 is 0 Å². The molecule has 0 aromatic carbocycles. The molecule has 0 unspecified atom stereocenters. The van der Waals surface area contributed by atoms with Gasteiger partial charge in [0.15, 0.2) is 0 Å². The number of hydrogen-bond acceptors (Lipinski definition) is 3. The summed E-state index contributed by atoms with van der Waals surface area (Å²) in [5.41, 5.74) is 9.34. The first-order valence-corrected chi connectivity index (χ1v) is 6.25. The van der Waals surface area contributed by atoms with Crippen LogP contribution in [0.5, 0.6) is 0 Å². The van der Waals surface area contributed by atoms with Crippen LogP contribution in [0.4, 0.5) is 0 Å². The lowest BCUT2D eigenvalue weighted by atomic mass is 10.0. The average molecular weight is 221 g/mol. The lowest BCUT2D eigenvalue weighted by Gasteiger charge is -2.01. The molecule has 0 bridgehead atoms. The van der Waals surface area contributed by atoms with E-state index in [2.05, 4.69) is 39.7 Å². The molecule has 0 saturated carbocycles.